The summed E-state index contributed by atoms with van der Waals surface area (Å²) in [6, 6.07) is 6.34. The highest BCUT2D eigenvalue weighted by Crippen LogP contribution is 2.14. The first-order valence-corrected chi connectivity index (χ1v) is 5.53. The van der Waals surface area contributed by atoms with Gasteiger partial charge < -0.3 is 15.6 Å². The molecule has 0 bridgehead atoms. The Morgan fingerprint density at radius 1 is 1.44 bits per heavy atom. The summed E-state index contributed by atoms with van der Waals surface area (Å²) >= 11 is 0. The molecule has 0 aliphatic carbocycles. The average Bonchev–Trinajstić information content (AvgIpc) is 2.57. The zero-order chi connectivity index (χ0) is 11.5. The van der Waals surface area contributed by atoms with E-state index >= 15 is 0 Å². The number of aryl methyl sites for hydroxylation is 1. The van der Waals surface area contributed by atoms with E-state index in [-0.39, 0.29) is 0 Å². The summed E-state index contributed by atoms with van der Waals surface area (Å²) in [4.78, 5) is 9.84. The number of rotatable bonds is 4. The minimum Gasteiger partial charge on any atom is -0.342 e. The molecule has 16 heavy (non-hydrogen) atoms. The first-order chi connectivity index (χ1) is 7.69. The van der Waals surface area contributed by atoms with E-state index in [9.17, 15) is 0 Å². The van der Waals surface area contributed by atoms with Crippen molar-refractivity contribution in [3.05, 3.63) is 29.6 Å². The number of nitrogens with zero attached hydrogens (tertiary/aromatic N) is 2. The van der Waals surface area contributed by atoms with Gasteiger partial charge in [-0.1, -0.05) is 6.07 Å². The fourth-order valence-corrected chi connectivity index (χ4v) is 1.89. The molecule has 86 valence electrons. The molecule has 0 aliphatic heterocycles. The molecule has 0 fully saturated rings. The second-order valence-corrected chi connectivity index (χ2v) is 4.20. The molecule has 2 aromatic rings. The van der Waals surface area contributed by atoms with Gasteiger partial charge in [0.05, 0.1) is 11.0 Å². The zero-order valence-corrected chi connectivity index (χ0v) is 9.83. The molecular weight excluding hydrogens is 200 g/mol. The van der Waals surface area contributed by atoms with E-state index < -0.39 is 0 Å². The summed E-state index contributed by atoms with van der Waals surface area (Å²) in [7, 11) is 2.08. The summed E-state index contributed by atoms with van der Waals surface area (Å²) in [5, 5.41) is 0. The van der Waals surface area contributed by atoms with Gasteiger partial charge in [0.1, 0.15) is 5.82 Å². The van der Waals surface area contributed by atoms with Gasteiger partial charge in [-0.25, -0.2) is 4.98 Å². The number of hydrogen-bond acceptors (Lipinski definition) is 3. The summed E-state index contributed by atoms with van der Waals surface area (Å²) in [5.74, 6) is 0.961. The lowest BCUT2D eigenvalue weighted by molar-refractivity contribution is 0.336. The van der Waals surface area contributed by atoms with Crippen molar-refractivity contribution < 1.29 is 0 Å². The fourth-order valence-electron chi connectivity index (χ4n) is 1.89. The molecule has 0 atom stereocenters. The van der Waals surface area contributed by atoms with E-state index in [0.717, 1.165) is 29.9 Å². The van der Waals surface area contributed by atoms with Crippen molar-refractivity contribution in [3.8, 4) is 0 Å². The van der Waals surface area contributed by atoms with Crippen molar-refractivity contribution in [3.63, 3.8) is 0 Å². The Hall–Kier alpha value is -1.39. The van der Waals surface area contributed by atoms with Crippen LogP contribution in [0.2, 0.25) is 0 Å². The molecule has 0 aliphatic rings. The number of nitrogens with two attached hydrogens (primary N) is 1. The third-order valence-corrected chi connectivity index (χ3v) is 2.63. The Labute approximate surface area is 95.5 Å². The topological polar surface area (TPSA) is 57.9 Å². The molecule has 3 N–H and O–H groups in total. The number of aromatic nitrogens is 2. The van der Waals surface area contributed by atoms with E-state index in [2.05, 4.69) is 40.1 Å². The van der Waals surface area contributed by atoms with Crippen molar-refractivity contribution in [1.29, 1.82) is 0 Å². The van der Waals surface area contributed by atoms with Crippen molar-refractivity contribution in [2.24, 2.45) is 5.73 Å². The maximum Gasteiger partial charge on any atom is 0.104 e. The number of benzene rings is 1. The van der Waals surface area contributed by atoms with Crippen LogP contribution in [0, 0.1) is 6.92 Å². The Morgan fingerprint density at radius 3 is 3.00 bits per heavy atom. The van der Waals surface area contributed by atoms with Gasteiger partial charge in [0, 0.05) is 19.6 Å². The number of likely N-dealkylation sites (N-methyl/N-ethyl adjacent to an activating group) is 1. The van der Waals surface area contributed by atoms with Crippen LogP contribution in [0.1, 0.15) is 11.4 Å². The molecule has 1 aromatic carbocycles. The molecule has 1 heterocycles. The SMILES string of the molecule is Cc1nc2ccc(CN(C)CCN)cc2[nH]1. The lowest BCUT2D eigenvalue weighted by atomic mass is 10.2. The molecule has 0 unspecified atom stereocenters. The molecule has 4 nitrogen and oxygen atoms in total. The molecule has 0 radical (unpaired) electrons. The summed E-state index contributed by atoms with van der Waals surface area (Å²) < 4.78 is 0. The first kappa shape index (κ1) is 11.1. The van der Waals surface area contributed by atoms with Gasteiger partial charge in [-0.05, 0) is 31.7 Å². The quantitative estimate of drug-likeness (QED) is 0.812. The first-order valence-electron chi connectivity index (χ1n) is 5.53. The van der Waals surface area contributed by atoms with Gasteiger partial charge in [0.2, 0.25) is 0 Å². The van der Waals surface area contributed by atoms with Crippen LogP contribution in [0.4, 0.5) is 0 Å². The van der Waals surface area contributed by atoms with Crippen molar-refractivity contribution in [2.45, 2.75) is 13.5 Å². The number of imidazole rings is 1. The number of fused-ring (bicyclic) bond motifs is 1. The summed E-state index contributed by atoms with van der Waals surface area (Å²) in [6.07, 6.45) is 0. The van der Waals surface area contributed by atoms with Crippen LogP contribution in [0.25, 0.3) is 11.0 Å². The number of hydrogen-bond donors (Lipinski definition) is 2. The number of aromatic amines is 1. The van der Waals surface area contributed by atoms with Crippen LogP contribution >= 0.6 is 0 Å². The minimum atomic E-state index is 0.696. The molecular formula is C12H18N4. The Balaban J connectivity index is 2.18. The molecule has 0 saturated heterocycles. The Bertz CT molecular complexity index is 475. The van der Waals surface area contributed by atoms with Crippen LogP contribution in [0.3, 0.4) is 0 Å². The van der Waals surface area contributed by atoms with E-state index in [0.29, 0.717) is 6.54 Å². The molecule has 1 aromatic heterocycles. The maximum atomic E-state index is 5.52. The Kier molecular flexibility index (Phi) is 3.22. The highest BCUT2D eigenvalue weighted by molar-refractivity contribution is 5.75. The van der Waals surface area contributed by atoms with Crippen LogP contribution in [0.5, 0.6) is 0 Å². The molecule has 0 saturated carbocycles. The van der Waals surface area contributed by atoms with Gasteiger partial charge in [0.15, 0.2) is 0 Å². The molecule has 0 amide bonds. The highest BCUT2D eigenvalue weighted by Gasteiger charge is 2.03. The van der Waals surface area contributed by atoms with Crippen LogP contribution in [-0.2, 0) is 6.54 Å². The second-order valence-electron chi connectivity index (χ2n) is 4.20. The van der Waals surface area contributed by atoms with Gasteiger partial charge in [-0.2, -0.15) is 0 Å². The van der Waals surface area contributed by atoms with Gasteiger partial charge in [-0.3, -0.25) is 0 Å². The summed E-state index contributed by atoms with van der Waals surface area (Å²) in [5.41, 5.74) is 8.94. The van der Waals surface area contributed by atoms with Crippen molar-refractivity contribution in [1.82, 2.24) is 14.9 Å². The fraction of sp³-hybridized carbons (Fsp3) is 0.417. The zero-order valence-electron chi connectivity index (χ0n) is 9.83. The van der Waals surface area contributed by atoms with E-state index in [4.69, 9.17) is 5.73 Å². The minimum absolute atomic E-state index is 0.696. The van der Waals surface area contributed by atoms with E-state index in [1.54, 1.807) is 0 Å². The predicted molar refractivity (Wildman–Crippen MR) is 66.2 cm³/mol. The molecule has 4 heteroatoms. The van der Waals surface area contributed by atoms with E-state index in [1.807, 2.05) is 6.92 Å². The lowest BCUT2D eigenvalue weighted by Gasteiger charge is -2.15. The second kappa shape index (κ2) is 4.63. The van der Waals surface area contributed by atoms with Crippen LogP contribution < -0.4 is 5.73 Å². The van der Waals surface area contributed by atoms with Gasteiger partial charge >= 0.3 is 0 Å². The summed E-state index contributed by atoms with van der Waals surface area (Å²) in [6.45, 7) is 4.51. The van der Waals surface area contributed by atoms with Gasteiger partial charge in [0.25, 0.3) is 0 Å². The lowest BCUT2D eigenvalue weighted by Crippen LogP contribution is -2.24. The number of H-pyrrole nitrogens is 1. The van der Waals surface area contributed by atoms with Crippen LogP contribution in [0.15, 0.2) is 18.2 Å². The Morgan fingerprint density at radius 2 is 2.25 bits per heavy atom. The monoisotopic (exact) mass is 218 g/mol. The third-order valence-electron chi connectivity index (χ3n) is 2.63. The number of nitrogens with one attached hydrogen (secondary N) is 1. The standard InChI is InChI=1S/C12H18N4/c1-9-14-11-4-3-10(7-12(11)15-9)8-16(2)6-5-13/h3-4,7H,5-6,8,13H2,1-2H3,(H,14,15). The maximum absolute atomic E-state index is 5.52. The molecule has 2 rings (SSSR count). The third kappa shape index (κ3) is 2.40. The van der Waals surface area contributed by atoms with E-state index in [1.165, 1.54) is 5.56 Å². The van der Waals surface area contributed by atoms with Crippen LogP contribution in [-0.4, -0.2) is 35.0 Å². The predicted octanol–water partition coefficient (Wildman–Crippen LogP) is 1.26. The molecule has 0 spiro atoms. The normalized spacial score (nSPS) is 11.5. The smallest absolute Gasteiger partial charge is 0.104 e. The van der Waals surface area contributed by atoms with Crippen molar-refractivity contribution in [2.75, 3.05) is 20.1 Å². The largest absolute Gasteiger partial charge is 0.342 e. The average molecular weight is 218 g/mol. The van der Waals surface area contributed by atoms with Crippen molar-refractivity contribution >= 4 is 11.0 Å². The highest BCUT2D eigenvalue weighted by atomic mass is 15.1. The van der Waals surface area contributed by atoms with Gasteiger partial charge in [-0.15, -0.1) is 0 Å².